The molecule has 3 heteroatoms. The number of fused-ring (bicyclic) bond motifs is 9. The highest BCUT2D eigenvalue weighted by molar-refractivity contribution is 7.26. The standard InChI is InChI=1S/C25H15NS2/c1-26-20-12-24-18(14-6-2-4-8-22(14)27-24)10-16(20)17-11-19-15-7-3-5-9-23(15)28-25(19)13-21(17)26/h2-13H,1H3. The maximum absolute atomic E-state index is 2.41. The molecule has 0 bridgehead atoms. The average molecular weight is 394 g/mol. The van der Waals surface area contributed by atoms with Gasteiger partial charge in [0.1, 0.15) is 0 Å². The quantitative estimate of drug-likeness (QED) is 0.245. The van der Waals surface area contributed by atoms with Crippen molar-refractivity contribution in [2.45, 2.75) is 0 Å². The van der Waals surface area contributed by atoms with Gasteiger partial charge in [-0.15, -0.1) is 22.7 Å². The summed E-state index contributed by atoms with van der Waals surface area (Å²) in [5.41, 5.74) is 2.63. The number of thiophene rings is 2. The van der Waals surface area contributed by atoms with E-state index in [-0.39, 0.29) is 0 Å². The van der Waals surface area contributed by atoms with Crippen LogP contribution in [0.15, 0.2) is 72.8 Å². The van der Waals surface area contributed by atoms with Crippen LogP contribution in [0.2, 0.25) is 0 Å². The normalized spacial score (nSPS) is 12.5. The van der Waals surface area contributed by atoms with Gasteiger partial charge in [-0.3, -0.25) is 0 Å². The SMILES string of the molecule is Cn1c2cc3sc4ccccc4c3cc2c2cc3c(cc21)sc1ccccc13. The van der Waals surface area contributed by atoms with Crippen molar-refractivity contribution in [2.24, 2.45) is 7.05 Å². The molecule has 0 aliphatic heterocycles. The van der Waals surface area contributed by atoms with E-state index in [9.17, 15) is 0 Å². The monoisotopic (exact) mass is 393 g/mol. The first-order valence-electron chi connectivity index (χ1n) is 9.43. The number of hydrogen-bond acceptors (Lipinski definition) is 2. The van der Waals surface area contributed by atoms with Crippen molar-refractivity contribution in [3.63, 3.8) is 0 Å². The van der Waals surface area contributed by atoms with Gasteiger partial charge in [0.15, 0.2) is 0 Å². The summed E-state index contributed by atoms with van der Waals surface area (Å²) in [4.78, 5) is 0. The van der Waals surface area contributed by atoms with Crippen molar-refractivity contribution in [2.75, 3.05) is 0 Å². The maximum atomic E-state index is 2.41. The molecule has 0 N–H and O–H groups in total. The fraction of sp³-hybridized carbons (Fsp3) is 0.0400. The fourth-order valence-electron chi connectivity index (χ4n) is 4.64. The van der Waals surface area contributed by atoms with Crippen LogP contribution in [0.1, 0.15) is 0 Å². The van der Waals surface area contributed by atoms with Gasteiger partial charge < -0.3 is 4.57 Å². The van der Waals surface area contributed by atoms with Gasteiger partial charge in [0, 0.05) is 58.2 Å². The zero-order valence-electron chi connectivity index (χ0n) is 15.2. The molecular formula is C25H15NS2. The third kappa shape index (κ3) is 1.81. The van der Waals surface area contributed by atoms with Crippen molar-refractivity contribution in [3.05, 3.63) is 72.8 Å². The molecule has 0 aliphatic carbocycles. The van der Waals surface area contributed by atoms with Crippen LogP contribution < -0.4 is 0 Å². The Labute approximate surface area is 169 Å². The average Bonchev–Trinajstić information content (AvgIpc) is 3.35. The van der Waals surface area contributed by atoms with Crippen LogP contribution in [-0.2, 0) is 7.05 Å². The van der Waals surface area contributed by atoms with Gasteiger partial charge in [-0.2, -0.15) is 0 Å². The molecule has 1 nitrogen and oxygen atoms in total. The summed E-state index contributed by atoms with van der Waals surface area (Å²) >= 11 is 3.78. The van der Waals surface area contributed by atoms with E-state index in [1.165, 1.54) is 62.2 Å². The molecule has 132 valence electrons. The molecule has 7 rings (SSSR count). The molecular weight excluding hydrogens is 378 g/mol. The van der Waals surface area contributed by atoms with Gasteiger partial charge >= 0.3 is 0 Å². The molecule has 0 saturated heterocycles. The van der Waals surface area contributed by atoms with E-state index in [1.54, 1.807) is 0 Å². The van der Waals surface area contributed by atoms with Gasteiger partial charge in [-0.25, -0.2) is 0 Å². The van der Waals surface area contributed by atoms with E-state index >= 15 is 0 Å². The predicted molar refractivity (Wildman–Crippen MR) is 126 cm³/mol. The van der Waals surface area contributed by atoms with Gasteiger partial charge in [0.25, 0.3) is 0 Å². The zero-order valence-corrected chi connectivity index (χ0v) is 16.8. The molecule has 7 aromatic rings. The third-order valence-electron chi connectivity index (χ3n) is 6.00. The lowest BCUT2D eigenvalue weighted by Crippen LogP contribution is -1.85. The van der Waals surface area contributed by atoms with E-state index in [2.05, 4.69) is 84.4 Å². The number of hydrogen-bond donors (Lipinski definition) is 0. The van der Waals surface area contributed by atoms with Gasteiger partial charge in [0.05, 0.1) is 11.0 Å². The summed E-state index contributed by atoms with van der Waals surface area (Å²) in [6, 6.07) is 27.1. The lowest BCUT2D eigenvalue weighted by molar-refractivity contribution is 1.02. The molecule has 0 fully saturated rings. The predicted octanol–water partition coefficient (Wildman–Crippen LogP) is 8.07. The van der Waals surface area contributed by atoms with Crippen LogP contribution in [0.4, 0.5) is 0 Å². The van der Waals surface area contributed by atoms with Crippen molar-refractivity contribution >= 4 is 84.8 Å². The number of aromatic nitrogens is 1. The molecule has 0 atom stereocenters. The highest BCUT2D eigenvalue weighted by Crippen LogP contribution is 2.42. The first-order chi connectivity index (χ1) is 13.8. The Morgan fingerprint density at radius 2 is 0.964 bits per heavy atom. The summed E-state index contributed by atoms with van der Waals surface area (Å²) in [6.07, 6.45) is 0. The van der Waals surface area contributed by atoms with Gasteiger partial charge in [0.2, 0.25) is 0 Å². The molecule has 3 aromatic heterocycles. The minimum absolute atomic E-state index is 1.32. The highest BCUT2D eigenvalue weighted by atomic mass is 32.1. The van der Waals surface area contributed by atoms with Gasteiger partial charge in [-0.1, -0.05) is 36.4 Å². The lowest BCUT2D eigenvalue weighted by atomic mass is 10.1. The van der Waals surface area contributed by atoms with E-state index in [0.717, 1.165) is 0 Å². The number of aryl methyl sites for hydroxylation is 1. The second-order valence-corrected chi connectivity index (χ2v) is 9.65. The molecule has 0 spiro atoms. The minimum Gasteiger partial charge on any atom is -0.344 e. The Bertz CT molecular complexity index is 1600. The fourth-order valence-corrected chi connectivity index (χ4v) is 6.88. The van der Waals surface area contributed by atoms with Crippen LogP contribution in [-0.4, -0.2) is 4.57 Å². The van der Waals surface area contributed by atoms with Crippen molar-refractivity contribution < 1.29 is 0 Å². The van der Waals surface area contributed by atoms with Crippen LogP contribution in [0.5, 0.6) is 0 Å². The molecule has 4 aromatic carbocycles. The number of benzene rings is 4. The third-order valence-corrected chi connectivity index (χ3v) is 8.27. The first kappa shape index (κ1) is 15.1. The Morgan fingerprint density at radius 1 is 0.500 bits per heavy atom. The molecule has 28 heavy (non-hydrogen) atoms. The van der Waals surface area contributed by atoms with E-state index in [4.69, 9.17) is 0 Å². The molecule has 3 heterocycles. The second kappa shape index (κ2) is 5.13. The summed E-state index contributed by atoms with van der Waals surface area (Å²) < 4.78 is 7.82. The molecule has 0 amide bonds. The van der Waals surface area contributed by atoms with Crippen molar-refractivity contribution in [1.29, 1.82) is 0 Å². The molecule has 0 saturated carbocycles. The Kier molecular flexibility index (Phi) is 2.77. The smallest absolute Gasteiger partial charge is 0.0503 e. The second-order valence-electron chi connectivity index (χ2n) is 7.49. The van der Waals surface area contributed by atoms with Crippen LogP contribution >= 0.6 is 22.7 Å². The molecule has 0 aliphatic rings. The number of rotatable bonds is 0. The van der Waals surface area contributed by atoms with E-state index in [1.807, 2.05) is 22.7 Å². The molecule has 0 unspecified atom stereocenters. The Hall–Kier alpha value is -2.88. The summed E-state index contributed by atoms with van der Waals surface area (Å²) in [5, 5.41) is 8.18. The van der Waals surface area contributed by atoms with Crippen LogP contribution in [0.3, 0.4) is 0 Å². The topological polar surface area (TPSA) is 4.93 Å². The lowest BCUT2D eigenvalue weighted by Gasteiger charge is -1.98. The van der Waals surface area contributed by atoms with E-state index < -0.39 is 0 Å². The largest absolute Gasteiger partial charge is 0.344 e. The summed E-state index contributed by atoms with van der Waals surface area (Å²) in [6.45, 7) is 0. The highest BCUT2D eigenvalue weighted by Gasteiger charge is 2.15. The van der Waals surface area contributed by atoms with E-state index in [0.29, 0.717) is 0 Å². The zero-order chi connectivity index (χ0) is 18.4. The van der Waals surface area contributed by atoms with Crippen LogP contribution in [0.25, 0.3) is 62.2 Å². The Balaban J connectivity index is 1.70. The first-order valence-corrected chi connectivity index (χ1v) is 11.1. The van der Waals surface area contributed by atoms with Crippen molar-refractivity contribution in [1.82, 2.24) is 4.57 Å². The van der Waals surface area contributed by atoms with Crippen LogP contribution in [0, 0.1) is 0 Å². The van der Waals surface area contributed by atoms with Gasteiger partial charge in [-0.05, 0) is 36.4 Å². The minimum atomic E-state index is 1.32. The Morgan fingerprint density at radius 3 is 1.46 bits per heavy atom. The van der Waals surface area contributed by atoms with Crippen molar-refractivity contribution in [3.8, 4) is 0 Å². The maximum Gasteiger partial charge on any atom is 0.0503 e. The summed E-state index contributed by atoms with van der Waals surface area (Å²) in [7, 11) is 2.20. The summed E-state index contributed by atoms with van der Waals surface area (Å²) in [5.74, 6) is 0. The molecule has 0 radical (unpaired) electrons. The number of nitrogens with zero attached hydrogens (tertiary/aromatic N) is 1.